The molecular weight excluding hydrogens is 213 g/mol. The summed E-state index contributed by atoms with van der Waals surface area (Å²) in [5.74, 6) is -1.08. The molecule has 1 unspecified atom stereocenters. The third kappa shape index (κ3) is 4.81. The van der Waals surface area contributed by atoms with Gasteiger partial charge in [0, 0.05) is 6.42 Å². The van der Waals surface area contributed by atoms with Gasteiger partial charge in [-0.2, -0.15) is 13.2 Å². The molecule has 0 spiro atoms. The van der Waals surface area contributed by atoms with Crippen molar-refractivity contribution in [2.45, 2.75) is 44.3 Å². The predicted molar refractivity (Wildman–Crippen MR) is 46.2 cm³/mol. The van der Waals surface area contributed by atoms with Crippen LogP contribution in [-0.2, 0) is 9.47 Å². The Labute approximate surface area is 86.2 Å². The minimum Gasteiger partial charge on any atom is -0.393 e. The van der Waals surface area contributed by atoms with Gasteiger partial charge in [-0.1, -0.05) is 0 Å². The first-order valence-electron chi connectivity index (χ1n) is 4.83. The number of ether oxygens (including phenoxy) is 2. The zero-order valence-electron chi connectivity index (χ0n) is 8.51. The summed E-state index contributed by atoms with van der Waals surface area (Å²) in [7, 11) is 0. The molecule has 0 aromatic carbocycles. The second kappa shape index (κ2) is 4.67. The smallest absolute Gasteiger partial charge is 0.391 e. The summed E-state index contributed by atoms with van der Waals surface area (Å²) in [5, 5.41) is 9.22. The molecule has 0 bridgehead atoms. The molecule has 0 aromatic heterocycles. The fraction of sp³-hybridized carbons (Fsp3) is 1.00. The first-order valence-corrected chi connectivity index (χ1v) is 4.83. The number of alkyl halides is 3. The lowest BCUT2D eigenvalue weighted by Crippen LogP contribution is -2.41. The summed E-state index contributed by atoms with van der Waals surface area (Å²) in [6, 6.07) is 0. The second-order valence-corrected chi connectivity index (χ2v) is 3.86. The predicted octanol–water partition coefficient (Wildman–Crippen LogP) is 1.84. The van der Waals surface area contributed by atoms with Gasteiger partial charge in [0.1, 0.15) is 0 Å². The van der Waals surface area contributed by atoms with Gasteiger partial charge in [-0.3, -0.25) is 0 Å². The van der Waals surface area contributed by atoms with E-state index in [1.807, 2.05) is 0 Å². The van der Waals surface area contributed by atoms with E-state index in [4.69, 9.17) is 9.47 Å². The largest absolute Gasteiger partial charge is 0.393 e. The van der Waals surface area contributed by atoms with Crippen LogP contribution in [0.15, 0.2) is 0 Å². The average molecular weight is 228 g/mol. The number of aliphatic hydroxyl groups is 1. The third-order valence-electron chi connectivity index (χ3n) is 2.18. The fourth-order valence-electron chi connectivity index (χ4n) is 1.56. The molecule has 1 aliphatic rings. The first kappa shape index (κ1) is 12.7. The van der Waals surface area contributed by atoms with Crippen molar-refractivity contribution >= 4 is 0 Å². The summed E-state index contributed by atoms with van der Waals surface area (Å²) in [6.45, 7) is 2.45. The molecule has 90 valence electrons. The van der Waals surface area contributed by atoms with Gasteiger partial charge in [0.05, 0.1) is 25.7 Å². The van der Waals surface area contributed by atoms with Crippen LogP contribution in [0.1, 0.15) is 26.2 Å². The van der Waals surface area contributed by atoms with Gasteiger partial charge in [-0.05, 0) is 13.3 Å². The van der Waals surface area contributed by atoms with Gasteiger partial charge in [0.15, 0.2) is 5.79 Å². The number of hydrogen-bond acceptors (Lipinski definition) is 3. The summed E-state index contributed by atoms with van der Waals surface area (Å²) < 4.78 is 46.2. The molecule has 0 radical (unpaired) electrons. The molecule has 1 rings (SSSR count). The van der Waals surface area contributed by atoms with Crippen molar-refractivity contribution in [3.8, 4) is 0 Å². The van der Waals surface area contributed by atoms with Crippen molar-refractivity contribution in [1.29, 1.82) is 0 Å². The van der Waals surface area contributed by atoms with E-state index >= 15 is 0 Å². The number of hydrogen-bond donors (Lipinski definition) is 1. The third-order valence-corrected chi connectivity index (χ3v) is 2.18. The molecule has 1 saturated heterocycles. The molecule has 0 amide bonds. The highest BCUT2D eigenvalue weighted by molar-refractivity contribution is 4.74. The molecule has 1 atom stereocenters. The molecule has 0 aliphatic carbocycles. The summed E-state index contributed by atoms with van der Waals surface area (Å²) in [6.07, 6.45) is -6.50. The van der Waals surface area contributed by atoms with Crippen molar-refractivity contribution < 1.29 is 27.8 Å². The lowest BCUT2D eigenvalue weighted by atomic mass is 10.1. The molecule has 1 heterocycles. The maximum absolute atomic E-state index is 11.9. The zero-order valence-corrected chi connectivity index (χ0v) is 8.51. The second-order valence-electron chi connectivity index (χ2n) is 3.86. The van der Waals surface area contributed by atoms with Crippen molar-refractivity contribution in [1.82, 2.24) is 0 Å². The number of halogens is 3. The van der Waals surface area contributed by atoms with Gasteiger partial charge in [-0.15, -0.1) is 0 Å². The van der Waals surface area contributed by atoms with Crippen LogP contribution in [0.3, 0.4) is 0 Å². The highest BCUT2D eigenvalue weighted by atomic mass is 19.4. The Balaban J connectivity index is 2.38. The Bertz CT molecular complexity index is 199. The highest BCUT2D eigenvalue weighted by Gasteiger charge is 2.37. The van der Waals surface area contributed by atoms with E-state index in [2.05, 4.69) is 0 Å². The van der Waals surface area contributed by atoms with Crippen LogP contribution < -0.4 is 0 Å². The van der Waals surface area contributed by atoms with Crippen LogP contribution >= 0.6 is 0 Å². The Hall–Kier alpha value is -0.330. The standard InChI is InChI=1S/C9H15F3O3/c1-8(14-3-2-4-15-8)5-7(13)6-9(10,11)12/h7,13H,2-6H2,1H3. The lowest BCUT2D eigenvalue weighted by Gasteiger charge is -2.35. The van der Waals surface area contributed by atoms with E-state index < -0.39 is 24.5 Å². The normalized spacial score (nSPS) is 23.8. The van der Waals surface area contributed by atoms with Crippen molar-refractivity contribution in [3.63, 3.8) is 0 Å². The molecule has 6 heteroatoms. The van der Waals surface area contributed by atoms with E-state index in [0.29, 0.717) is 13.2 Å². The van der Waals surface area contributed by atoms with Gasteiger partial charge in [0.2, 0.25) is 0 Å². The minimum absolute atomic E-state index is 0.160. The Morgan fingerprint density at radius 2 is 1.87 bits per heavy atom. The van der Waals surface area contributed by atoms with E-state index in [-0.39, 0.29) is 6.42 Å². The van der Waals surface area contributed by atoms with E-state index in [0.717, 1.165) is 6.42 Å². The Morgan fingerprint density at radius 3 is 2.33 bits per heavy atom. The van der Waals surface area contributed by atoms with Crippen molar-refractivity contribution in [3.05, 3.63) is 0 Å². The monoisotopic (exact) mass is 228 g/mol. The average Bonchev–Trinajstić information content (AvgIpc) is 1.99. The van der Waals surface area contributed by atoms with E-state index in [1.165, 1.54) is 0 Å². The van der Waals surface area contributed by atoms with Gasteiger partial charge < -0.3 is 14.6 Å². The van der Waals surface area contributed by atoms with Crippen molar-refractivity contribution in [2.24, 2.45) is 0 Å². The SMILES string of the molecule is CC1(CC(O)CC(F)(F)F)OCCCO1. The van der Waals surface area contributed by atoms with Crippen LogP contribution in [0.25, 0.3) is 0 Å². The minimum atomic E-state index is -4.36. The van der Waals surface area contributed by atoms with Crippen LogP contribution in [0.2, 0.25) is 0 Å². The van der Waals surface area contributed by atoms with E-state index in [9.17, 15) is 18.3 Å². The molecule has 1 aliphatic heterocycles. The molecule has 15 heavy (non-hydrogen) atoms. The van der Waals surface area contributed by atoms with Crippen LogP contribution in [0, 0.1) is 0 Å². The molecular formula is C9H15F3O3. The quantitative estimate of drug-likeness (QED) is 0.801. The molecule has 0 aromatic rings. The zero-order chi connectivity index (χ0) is 11.5. The maximum Gasteiger partial charge on any atom is 0.391 e. The van der Waals surface area contributed by atoms with Crippen LogP contribution in [0.4, 0.5) is 13.2 Å². The number of aliphatic hydroxyl groups excluding tert-OH is 1. The molecule has 1 N–H and O–H groups in total. The fourth-order valence-corrected chi connectivity index (χ4v) is 1.56. The molecule has 3 nitrogen and oxygen atoms in total. The summed E-state index contributed by atoms with van der Waals surface area (Å²) in [5.41, 5.74) is 0. The molecule has 0 saturated carbocycles. The first-order chi connectivity index (χ1) is 6.81. The number of rotatable bonds is 3. The van der Waals surface area contributed by atoms with Gasteiger partial charge >= 0.3 is 6.18 Å². The van der Waals surface area contributed by atoms with E-state index in [1.54, 1.807) is 6.92 Å². The Kier molecular flexibility index (Phi) is 3.97. The summed E-state index contributed by atoms with van der Waals surface area (Å²) >= 11 is 0. The van der Waals surface area contributed by atoms with Gasteiger partial charge in [-0.25, -0.2) is 0 Å². The topological polar surface area (TPSA) is 38.7 Å². The van der Waals surface area contributed by atoms with Crippen molar-refractivity contribution in [2.75, 3.05) is 13.2 Å². The van der Waals surface area contributed by atoms with Gasteiger partial charge in [0.25, 0.3) is 0 Å². The lowest BCUT2D eigenvalue weighted by molar-refractivity contribution is -0.271. The van der Waals surface area contributed by atoms with Crippen LogP contribution in [-0.4, -0.2) is 36.4 Å². The Morgan fingerprint density at radius 1 is 1.33 bits per heavy atom. The summed E-state index contributed by atoms with van der Waals surface area (Å²) in [4.78, 5) is 0. The molecule has 1 fully saturated rings. The maximum atomic E-state index is 11.9. The highest BCUT2D eigenvalue weighted by Crippen LogP contribution is 2.29. The van der Waals surface area contributed by atoms with Crippen LogP contribution in [0.5, 0.6) is 0 Å².